The van der Waals surface area contributed by atoms with E-state index in [0.717, 1.165) is 19.3 Å². The third-order valence-electron chi connectivity index (χ3n) is 3.21. The summed E-state index contributed by atoms with van der Waals surface area (Å²) >= 11 is 0. The average molecular weight is 248 g/mol. The minimum Gasteiger partial charge on any atom is -0.393 e. The largest absolute Gasteiger partial charge is 0.393 e. The van der Waals surface area contributed by atoms with Crippen molar-refractivity contribution in [2.75, 3.05) is 13.2 Å². The van der Waals surface area contributed by atoms with Crippen molar-refractivity contribution in [3.63, 3.8) is 0 Å². The first kappa shape index (κ1) is 14.9. The van der Waals surface area contributed by atoms with E-state index in [0.29, 0.717) is 6.42 Å². The quantitative estimate of drug-likeness (QED) is 0.600. The molecule has 0 spiro atoms. The molecule has 102 valence electrons. The van der Waals surface area contributed by atoms with Gasteiger partial charge in [-0.2, -0.15) is 0 Å². The Morgan fingerprint density at radius 2 is 1.82 bits per heavy atom. The first-order chi connectivity index (χ1) is 8.03. The third-order valence-corrected chi connectivity index (χ3v) is 3.21. The maximum absolute atomic E-state index is 10.2. The van der Waals surface area contributed by atoms with E-state index in [-0.39, 0.29) is 19.1 Å². The molecular formula is C12H24O5. The lowest BCUT2D eigenvalue weighted by molar-refractivity contribution is -0.401. The van der Waals surface area contributed by atoms with Crippen molar-refractivity contribution in [1.29, 1.82) is 0 Å². The van der Waals surface area contributed by atoms with Gasteiger partial charge in [0.15, 0.2) is 0 Å². The fourth-order valence-electron chi connectivity index (χ4n) is 2.41. The average Bonchev–Trinajstić information content (AvgIpc) is 2.28. The van der Waals surface area contributed by atoms with Gasteiger partial charge in [0.25, 0.3) is 0 Å². The van der Waals surface area contributed by atoms with Crippen LogP contribution in [0.15, 0.2) is 0 Å². The van der Waals surface area contributed by atoms with Crippen LogP contribution in [0.2, 0.25) is 0 Å². The van der Waals surface area contributed by atoms with Gasteiger partial charge in [0.2, 0.25) is 0 Å². The van der Waals surface area contributed by atoms with E-state index < -0.39 is 18.2 Å². The Bertz CT molecular complexity index is 215. The zero-order valence-electron chi connectivity index (χ0n) is 10.6. The number of rotatable bonds is 6. The summed E-state index contributed by atoms with van der Waals surface area (Å²) in [4.78, 5) is 0. The SMILES string of the molecule is CCOC(O)(OCC)C(O)C1CCC[C@H](O)C1. The highest BCUT2D eigenvalue weighted by Crippen LogP contribution is 2.32. The standard InChI is InChI=1S/C12H24O5/c1-3-16-12(15,17-4-2)11(14)9-6-5-7-10(13)8-9/h9-11,13-15H,3-8H2,1-2H3/t9?,10-,11?/m0/s1. The Morgan fingerprint density at radius 3 is 2.29 bits per heavy atom. The van der Waals surface area contributed by atoms with Gasteiger partial charge in [-0.05, 0) is 39.0 Å². The topological polar surface area (TPSA) is 79.2 Å². The monoisotopic (exact) mass is 248 g/mol. The molecule has 0 aromatic carbocycles. The highest BCUT2D eigenvalue weighted by molar-refractivity contribution is 4.82. The zero-order valence-corrected chi connectivity index (χ0v) is 10.6. The highest BCUT2D eigenvalue weighted by atomic mass is 16.8. The van der Waals surface area contributed by atoms with Crippen LogP contribution in [0.4, 0.5) is 0 Å². The molecule has 0 amide bonds. The van der Waals surface area contributed by atoms with Crippen molar-refractivity contribution in [3.05, 3.63) is 0 Å². The number of hydrogen-bond donors (Lipinski definition) is 3. The van der Waals surface area contributed by atoms with Crippen LogP contribution in [0.25, 0.3) is 0 Å². The van der Waals surface area contributed by atoms with Crippen LogP contribution in [0.1, 0.15) is 39.5 Å². The summed E-state index contributed by atoms with van der Waals surface area (Å²) in [5.41, 5.74) is 0. The van der Waals surface area contributed by atoms with Crippen molar-refractivity contribution in [2.45, 2.75) is 57.7 Å². The van der Waals surface area contributed by atoms with Crippen LogP contribution in [0.3, 0.4) is 0 Å². The number of ether oxygens (including phenoxy) is 2. The van der Waals surface area contributed by atoms with Gasteiger partial charge >= 0.3 is 5.97 Å². The molecule has 3 atom stereocenters. The van der Waals surface area contributed by atoms with Gasteiger partial charge in [0, 0.05) is 13.2 Å². The van der Waals surface area contributed by atoms with Crippen molar-refractivity contribution >= 4 is 0 Å². The molecule has 0 heterocycles. The first-order valence-corrected chi connectivity index (χ1v) is 6.39. The lowest BCUT2D eigenvalue weighted by atomic mass is 9.82. The predicted octanol–water partition coefficient (Wildman–Crippen LogP) is 0.617. The molecule has 5 nitrogen and oxygen atoms in total. The van der Waals surface area contributed by atoms with E-state index in [1.165, 1.54) is 0 Å². The zero-order chi connectivity index (χ0) is 12.9. The molecule has 0 aliphatic heterocycles. The van der Waals surface area contributed by atoms with Gasteiger partial charge in [0.1, 0.15) is 6.10 Å². The summed E-state index contributed by atoms with van der Waals surface area (Å²) in [6.45, 7) is 3.96. The van der Waals surface area contributed by atoms with Gasteiger partial charge in [-0.15, -0.1) is 0 Å². The van der Waals surface area contributed by atoms with Gasteiger partial charge in [-0.25, -0.2) is 0 Å². The van der Waals surface area contributed by atoms with E-state index in [1.807, 2.05) is 0 Å². The second-order valence-corrected chi connectivity index (χ2v) is 4.52. The summed E-state index contributed by atoms with van der Waals surface area (Å²) in [5.74, 6) is -2.15. The van der Waals surface area contributed by atoms with Gasteiger partial charge in [0.05, 0.1) is 6.10 Å². The van der Waals surface area contributed by atoms with Crippen LogP contribution >= 0.6 is 0 Å². The predicted molar refractivity (Wildman–Crippen MR) is 62.2 cm³/mol. The smallest absolute Gasteiger partial charge is 0.308 e. The van der Waals surface area contributed by atoms with Crippen LogP contribution in [0.5, 0.6) is 0 Å². The molecule has 2 unspecified atom stereocenters. The lowest BCUT2D eigenvalue weighted by Gasteiger charge is -2.38. The molecule has 0 bridgehead atoms. The molecule has 1 saturated carbocycles. The molecule has 3 N–H and O–H groups in total. The highest BCUT2D eigenvalue weighted by Gasteiger charge is 2.43. The van der Waals surface area contributed by atoms with Crippen LogP contribution in [-0.2, 0) is 9.47 Å². The molecule has 1 fully saturated rings. The van der Waals surface area contributed by atoms with Gasteiger partial charge < -0.3 is 24.8 Å². The Hall–Kier alpha value is -0.200. The van der Waals surface area contributed by atoms with Gasteiger partial charge in [-0.1, -0.05) is 6.42 Å². The molecule has 0 radical (unpaired) electrons. The maximum atomic E-state index is 10.2. The van der Waals surface area contributed by atoms with E-state index in [1.54, 1.807) is 13.8 Å². The summed E-state index contributed by atoms with van der Waals surface area (Å²) in [5, 5.41) is 29.9. The van der Waals surface area contributed by atoms with Crippen LogP contribution in [0, 0.1) is 5.92 Å². The fourth-order valence-corrected chi connectivity index (χ4v) is 2.41. The molecule has 1 aliphatic rings. The molecule has 1 aliphatic carbocycles. The minimum absolute atomic E-state index is 0.193. The van der Waals surface area contributed by atoms with E-state index in [9.17, 15) is 15.3 Å². The second-order valence-electron chi connectivity index (χ2n) is 4.52. The first-order valence-electron chi connectivity index (χ1n) is 6.39. The van der Waals surface area contributed by atoms with Crippen molar-refractivity contribution in [3.8, 4) is 0 Å². The van der Waals surface area contributed by atoms with Crippen molar-refractivity contribution < 1.29 is 24.8 Å². The number of aliphatic hydroxyl groups is 3. The summed E-state index contributed by atoms with van der Waals surface area (Å²) in [6.07, 6.45) is 1.31. The fraction of sp³-hybridized carbons (Fsp3) is 1.00. The Labute approximate surface area is 102 Å². The lowest BCUT2D eigenvalue weighted by Crippen LogP contribution is -2.52. The van der Waals surface area contributed by atoms with Crippen LogP contribution in [-0.4, -0.2) is 46.7 Å². The van der Waals surface area contributed by atoms with Crippen molar-refractivity contribution in [1.82, 2.24) is 0 Å². The Kier molecular flexibility index (Phi) is 5.82. The normalized spacial score (nSPS) is 28.1. The molecule has 0 saturated heterocycles. The summed E-state index contributed by atoms with van der Waals surface area (Å²) in [7, 11) is 0. The molecule has 0 aromatic rings. The van der Waals surface area contributed by atoms with E-state index in [4.69, 9.17) is 9.47 Å². The molecular weight excluding hydrogens is 224 g/mol. The van der Waals surface area contributed by atoms with E-state index in [2.05, 4.69) is 0 Å². The molecule has 0 aromatic heterocycles. The molecule has 5 heteroatoms. The Morgan fingerprint density at radius 1 is 1.24 bits per heavy atom. The Balaban J connectivity index is 2.65. The number of hydrogen-bond acceptors (Lipinski definition) is 5. The third kappa shape index (κ3) is 3.89. The minimum atomic E-state index is -1.95. The molecule has 1 rings (SSSR count). The van der Waals surface area contributed by atoms with Crippen molar-refractivity contribution in [2.24, 2.45) is 5.92 Å². The summed E-state index contributed by atoms with van der Waals surface area (Å²) in [6, 6.07) is 0. The summed E-state index contributed by atoms with van der Waals surface area (Å²) < 4.78 is 10.2. The number of aliphatic hydroxyl groups excluding tert-OH is 2. The van der Waals surface area contributed by atoms with Crippen LogP contribution < -0.4 is 0 Å². The molecule has 17 heavy (non-hydrogen) atoms. The van der Waals surface area contributed by atoms with Gasteiger partial charge in [-0.3, -0.25) is 0 Å². The maximum Gasteiger partial charge on any atom is 0.308 e. The van der Waals surface area contributed by atoms with E-state index >= 15 is 0 Å². The second kappa shape index (κ2) is 6.66.